The van der Waals surface area contributed by atoms with Crippen LogP contribution in [-0.2, 0) is 19.1 Å². The molecule has 0 N–H and O–H groups in total. The first-order chi connectivity index (χ1) is 8.11. The minimum Gasteiger partial charge on any atom is -0.458 e. The molecular weight excluding hydrogens is 244 g/mol. The summed E-state index contributed by atoms with van der Waals surface area (Å²) in [5.74, 6) is 0.441. The van der Waals surface area contributed by atoms with Gasteiger partial charge in [0.1, 0.15) is 12.2 Å². The van der Waals surface area contributed by atoms with Gasteiger partial charge in [0.25, 0.3) is 0 Å². The maximum absolute atomic E-state index is 11.8. The van der Waals surface area contributed by atoms with E-state index in [9.17, 15) is 9.59 Å². The molecule has 3 rings (SSSR count). The number of rotatable bonds is 3. The van der Waals surface area contributed by atoms with E-state index in [0.29, 0.717) is 11.8 Å². The van der Waals surface area contributed by atoms with E-state index >= 15 is 0 Å². The van der Waals surface area contributed by atoms with Crippen LogP contribution >= 0.6 is 0 Å². The fourth-order valence-corrected chi connectivity index (χ4v) is 3.48. The molecule has 0 aromatic rings. The third kappa shape index (κ3) is 2.26. The second kappa shape index (κ2) is 5.51. The molecule has 0 aromatic carbocycles. The Balaban J connectivity index is 0.000000902. The third-order valence-corrected chi connectivity index (χ3v) is 4.68. The van der Waals surface area contributed by atoms with Gasteiger partial charge in [-0.25, -0.2) is 0 Å². The van der Waals surface area contributed by atoms with Gasteiger partial charge in [0.2, 0.25) is 0 Å². The summed E-state index contributed by atoms with van der Waals surface area (Å²) >= 11 is 0. The van der Waals surface area contributed by atoms with E-state index in [1.807, 2.05) is 13.8 Å². The second-order valence-electron chi connectivity index (χ2n) is 5.61. The summed E-state index contributed by atoms with van der Waals surface area (Å²) in [5.41, 5.74) is 0. The van der Waals surface area contributed by atoms with Crippen molar-refractivity contribution in [2.45, 2.75) is 60.2 Å². The average Bonchev–Trinajstić information content (AvgIpc) is 2.92. The second-order valence-corrected chi connectivity index (χ2v) is 5.61. The monoisotopic (exact) mass is 270 g/mol. The molecule has 110 valence electrons. The maximum Gasteiger partial charge on any atom is 0.309 e. The van der Waals surface area contributed by atoms with E-state index in [1.54, 1.807) is 0 Å². The van der Waals surface area contributed by atoms with Crippen molar-refractivity contribution >= 4 is 11.9 Å². The van der Waals surface area contributed by atoms with Gasteiger partial charge >= 0.3 is 11.9 Å². The molecule has 0 spiro atoms. The molecular formula is C15H26O4. The Hall–Kier alpha value is -1.06. The molecule has 6 unspecified atom stereocenters. The van der Waals surface area contributed by atoms with Crippen molar-refractivity contribution in [1.82, 2.24) is 0 Å². The highest BCUT2D eigenvalue weighted by molar-refractivity contribution is 5.77. The molecule has 0 radical (unpaired) electrons. The number of fused-ring (bicyclic) bond motifs is 1. The van der Waals surface area contributed by atoms with Crippen LogP contribution in [0.5, 0.6) is 0 Å². The van der Waals surface area contributed by atoms with Crippen molar-refractivity contribution in [3.8, 4) is 0 Å². The van der Waals surface area contributed by atoms with Crippen LogP contribution in [0.3, 0.4) is 0 Å². The minimum absolute atomic E-state index is 0. The largest absolute Gasteiger partial charge is 0.458 e. The van der Waals surface area contributed by atoms with Gasteiger partial charge in [-0.2, -0.15) is 0 Å². The van der Waals surface area contributed by atoms with Gasteiger partial charge in [0.15, 0.2) is 0 Å². The van der Waals surface area contributed by atoms with Crippen LogP contribution in [0.1, 0.15) is 48.0 Å². The number of hydrogen-bond donors (Lipinski definition) is 0. The lowest BCUT2D eigenvalue weighted by Crippen LogP contribution is -2.37. The van der Waals surface area contributed by atoms with Crippen molar-refractivity contribution in [3.63, 3.8) is 0 Å². The SMILES string of the molecule is C.C.CCC(C)C(=O)OC1C2CC3C(=O)OC1C3C2. The molecule has 2 bridgehead atoms. The maximum atomic E-state index is 11.8. The van der Waals surface area contributed by atoms with Gasteiger partial charge in [0.05, 0.1) is 11.8 Å². The Morgan fingerprint density at radius 2 is 2.11 bits per heavy atom. The number of ether oxygens (including phenoxy) is 2. The van der Waals surface area contributed by atoms with E-state index in [4.69, 9.17) is 9.47 Å². The summed E-state index contributed by atoms with van der Waals surface area (Å²) in [5, 5.41) is 0. The molecule has 4 nitrogen and oxygen atoms in total. The first-order valence-corrected chi connectivity index (χ1v) is 6.52. The number of hydrogen-bond acceptors (Lipinski definition) is 4. The van der Waals surface area contributed by atoms with Gasteiger partial charge in [0, 0.05) is 11.8 Å². The lowest BCUT2D eigenvalue weighted by atomic mass is 9.88. The Bertz CT molecular complexity index is 365. The van der Waals surface area contributed by atoms with Crippen LogP contribution < -0.4 is 0 Å². The zero-order chi connectivity index (χ0) is 12.2. The molecule has 2 aliphatic carbocycles. The molecule has 0 amide bonds. The zero-order valence-electron chi connectivity index (χ0n) is 10.2. The molecule has 3 aliphatic rings. The molecule has 1 aliphatic heterocycles. The van der Waals surface area contributed by atoms with Crippen molar-refractivity contribution in [1.29, 1.82) is 0 Å². The summed E-state index contributed by atoms with van der Waals surface area (Å²) in [6.07, 6.45) is 2.29. The summed E-state index contributed by atoms with van der Waals surface area (Å²) in [6, 6.07) is 0. The predicted octanol–water partition coefficient (Wildman–Crippen LogP) is 2.80. The van der Waals surface area contributed by atoms with Crippen LogP contribution in [0.2, 0.25) is 0 Å². The van der Waals surface area contributed by atoms with Crippen LogP contribution in [0.4, 0.5) is 0 Å². The number of carbonyl (C=O) groups is 2. The quantitative estimate of drug-likeness (QED) is 0.740. The fraction of sp³-hybridized carbons (Fsp3) is 0.867. The van der Waals surface area contributed by atoms with Crippen LogP contribution in [0.25, 0.3) is 0 Å². The predicted molar refractivity (Wildman–Crippen MR) is 72.4 cm³/mol. The van der Waals surface area contributed by atoms with Crippen LogP contribution in [0.15, 0.2) is 0 Å². The van der Waals surface area contributed by atoms with Gasteiger partial charge in [-0.1, -0.05) is 28.7 Å². The van der Waals surface area contributed by atoms with Gasteiger partial charge in [-0.3, -0.25) is 9.59 Å². The van der Waals surface area contributed by atoms with E-state index in [2.05, 4.69) is 0 Å². The summed E-state index contributed by atoms with van der Waals surface area (Å²) in [4.78, 5) is 23.4. The molecule has 3 fully saturated rings. The van der Waals surface area contributed by atoms with E-state index < -0.39 is 0 Å². The standard InChI is InChI=1S/C13H18O4.2CH4/c1-3-6(2)12(14)16-10-7-4-8-9(5-7)13(15)17-11(8)10;;/h6-11H,3-5H2,1-2H3;2*1H4. The molecule has 19 heavy (non-hydrogen) atoms. The van der Waals surface area contributed by atoms with Crippen molar-refractivity contribution in [2.24, 2.45) is 23.7 Å². The Morgan fingerprint density at radius 1 is 1.42 bits per heavy atom. The van der Waals surface area contributed by atoms with Crippen molar-refractivity contribution in [2.75, 3.05) is 0 Å². The highest BCUT2D eigenvalue weighted by Gasteiger charge is 2.63. The Labute approximate surface area is 115 Å². The molecule has 1 heterocycles. The summed E-state index contributed by atoms with van der Waals surface area (Å²) < 4.78 is 10.9. The third-order valence-electron chi connectivity index (χ3n) is 4.68. The van der Waals surface area contributed by atoms with Gasteiger partial charge < -0.3 is 9.47 Å². The smallest absolute Gasteiger partial charge is 0.309 e. The first-order valence-electron chi connectivity index (χ1n) is 6.52. The van der Waals surface area contributed by atoms with E-state index in [1.165, 1.54) is 0 Å². The first kappa shape index (κ1) is 16.0. The van der Waals surface area contributed by atoms with Crippen LogP contribution in [-0.4, -0.2) is 24.1 Å². The summed E-state index contributed by atoms with van der Waals surface area (Å²) in [6.45, 7) is 3.84. The number of carbonyl (C=O) groups excluding carboxylic acids is 2. The van der Waals surface area contributed by atoms with Gasteiger partial charge in [-0.05, 0) is 19.3 Å². The van der Waals surface area contributed by atoms with Gasteiger partial charge in [-0.15, -0.1) is 0 Å². The molecule has 6 atom stereocenters. The number of esters is 2. The minimum atomic E-state index is -0.177. The summed E-state index contributed by atoms with van der Waals surface area (Å²) in [7, 11) is 0. The lowest BCUT2D eigenvalue weighted by molar-refractivity contribution is -0.165. The molecule has 1 saturated heterocycles. The molecule has 2 saturated carbocycles. The molecule has 0 aromatic heterocycles. The van der Waals surface area contributed by atoms with Crippen LogP contribution in [0, 0.1) is 23.7 Å². The molecule has 4 heteroatoms. The normalized spacial score (nSPS) is 39.1. The Morgan fingerprint density at radius 3 is 2.74 bits per heavy atom. The topological polar surface area (TPSA) is 52.6 Å². The lowest BCUT2D eigenvalue weighted by Gasteiger charge is -2.26. The average molecular weight is 270 g/mol. The highest BCUT2D eigenvalue weighted by Crippen LogP contribution is 2.55. The fourth-order valence-electron chi connectivity index (χ4n) is 3.48. The Kier molecular flexibility index (Phi) is 4.64. The zero-order valence-corrected chi connectivity index (χ0v) is 10.2. The highest BCUT2D eigenvalue weighted by atomic mass is 16.6. The van der Waals surface area contributed by atoms with E-state index in [0.717, 1.165) is 19.3 Å². The van der Waals surface area contributed by atoms with Crippen molar-refractivity contribution in [3.05, 3.63) is 0 Å². The van der Waals surface area contributed by atoms with E-state index in [-0.39, 0.29) is 50.8 Å². The van der Waals surface area contributed by atoms with Crippen molar-refractivity contribution < 1.29 is 19.1 Å².